The van der Waals surface area contributed by atoms with Crippen LogP contribution in [0.2, 0.25) is 0 Å². The topological polar surface area (TPSA) is 70.8 Å². The number of likely N-dealkylation sites (tertiary alicyclic amines) is 2. The van der Waals surface area contributed by atoms with Crippen molar-refractivity contribution >= 4 is 5.57 Å². The van der Waals surface area contributed by atoms with Crippen molar-refractivity contribution < 1.29 is 14.2 Å². The predicted molar refractivity (Wildman–Crippen MR) is 203 cm³/mol. The molecule has 0 atom stereocenters. The number of rotatable bonds is 16. The van der Waals surface area contributed by atoms with Crippen LogP contribution in [-0.4, -0.2) is 60.7 Å². The van der Waals surface area contributed by atoms with Crippen molar-refractivity contribution in [3.05, 3.63) is 112 Å². The van der Waals surface area contributed by atoms with E-state index in [9.17, 15) is 5.26 Å². The lowest BCUT2D eigenvalue weighted by Crippen LogP contribution is -2.29. The van der Waals surface area contributed by atoms with Crippen molar-refractivity contribution in [1.82, 2.24) is 14.8 Å². The van der Waals surface area contributed by atoms with Crippen LogP contribution in [0.3, 0.4) is 0 Å². The summed E-state index contributed by atoms with van der Waals surface area (Å²) in [5, 5.41) is 9.35. The largest absolute Gasteiger partial charge is 0.493 e. The van der Waals surface area contributed by atoms with Gasteiger partial charge in [0, 0.05) is 42.7 Å². The highest BCUT2D eigenvalue weighted by atomic mass is 16.5. The van der Waals surface area contributed by atoms with E-state index in [-0.39, 0.29) is 0 Å². The van der Waals surface area contributed by atoms with Gasteiger partial charge >= 0.3 is 0 Å². The molecule has 7 heteroatoms. The molecule has 2 saturated heterocycles. The lowest BCUT2D eigenvalue weighted by Gasteiger charge is -2.28. The average Bonchev–Trinajstić information content (AvgIpc) is 3.66. The van der Waals surface area contributed by atoms with Gasteiger partial charge in [-0.15, -0.1) is 0 Å². The fourth-order valence-electron chi connectivity index (χ4n) is 7.06. The Morgan fingerprint density at radius 2 is 1.70 bits per heavy atom. The van der Waals surface area contributed by atoms with E-state index in [4.69, 9.17) is 14.2 Å². The molecule has 2 aliphatic rings. The van der Waals surface area contributed by atoms with Gasteiger partial charge in [-0.1, -0.05) is 37.3 Å². The molecular formula is C43H54N4O3. The van der Waals surface area contributed by atoms with Gasteiger partial charge in [-0.25, -0.2) is 0 Å². The summed E-state index contributed by atoms with van der Waals surface area (Å²) < 4.78 is 19.2. The highest BCUT2D eigenvalue weighted by molar-refractivity contribution is 5.82. The second kappa shape index (κ2) is 18.6. The maximum atomic E-state index is 9.35. The van der Waals surface area contributed by atoms with Crippen LogP contribution in [0.1, 0.15) is 85.8 Å². The van der Waals surface area contributed by atoms with Gasteiger partial charge in [0.05, 0.1) is 12.2 Å². The fourth-order valence-corrected chi connectivity index (χ4v) is 7.06. The highest BCUT2D eigenvalue weighted by Gasteiger charge is 2.19. The fraction of sp³-hybridized carbons (Fsp3) is 0.442. The molecule has 0 radical (unpaired) electrons. The molecule has 3 aromatic rings. The molecule has 0 bridgehead atoms. The van der Waals surface area contributed by atoms with E-state index < -0.39 is 0 Å². The van der Waals surface area contributed by atoms with Crippen LogP contribution in [0.4, 0.5) is 0 Å². The Balaban J connectivity index is 1.31. The van der Waals surface area contributed by atoms with Gasteiger partial charge in [0.25, 0.3) is 0 Å². The second-order valence-corrected chi connectivity index (χ2v) is 13.6. The first kappa shape index (κ1) is 36.9. The van der Waals surface area contributed by atoms with Crippen molar-refractivity contribution in [3.63, 3.8) is 0 Å². The first-order valence-corrected chi connectivity index (χ1v) is 18.3. The minimum Gasteiger partial charge on any atom is -0.493 e. The van der Waals surface area contributed by atoms with Crippen molar-refractivity contribution in [1.29, 1.82) is 5.26 Å². The zero-order valence-electron chi connectivity index (χ0n) is 30.6. The van der Waals surface area contributed by atoms with E-state index in [1.165, 1.54) is 50.8 Å². The summed E-state index contributed by atoms with van der Waals surface area (Å²) in [5.74, 6) is 2.49. The number of nitriles is 1. The standard InChI is InChI=1S/C43H54N4O3/c1-6-37(33(4)39(7-2)40-15-13-16-42(34(40)5)48-22-14-21-46-17-11-12-18-46)31-49-38-23-32(3)41(29-47-19-9-8-10-20-47)43(25-38)50-30-36-24-35(26-44)27-45-28-36/h6-7,13,15-16,23-25,27-28H,1,8-12,14,17-22,29-31H2,2-5H3/b37-33+,39-7+. The zero-order chi connectivity index (χ0) is 35.3. The van der Waals surface area contributed by atoms with E-state index in [1.807, 2.05) is 18.2 Å². The van der Waals surface area contributed by atoms with Gasteiger partial charge in [-0.2, -0.15) is 5.26 Å². The number of benzene rings is 2. The molecular weight excluding hydrogens is 620 g/mol. The maximum absolute atomic E-state index is 9.35. The van der Waals surface area contributed by atoms with Crippen molar-refractivity contribution in [3.8, 4) is 23.3 Å². The second-order valence-electron chi connectivity index (χ2n) is 13.6. The molecule has 264 valence electrons. The van der Waals surface area contributed by atoms with Gasteiger partial charge in [-0.05, 0) is 138 Å². The Bertz CT molecular complexity index is 1710. The Kier molecular flexibility index (Phi) is 13.7. The molecule has 2 aliphatic heterocycles. The number of allylic oxidation sites excluding steroid dienone is 3. The van der Waals surface area contributed by atoms with Crippen LogP contribution < -0.4 is 14.2 Å². The summed E-state index contributed by atoms with van der Waals surface area (Å²) in [7, 11) is 0. The van der Waals surface area contributed by atoms with Crippen LogP contribution in [0.5, 0.6) is 17.2 Å². The van der Waals surface area contributed by atoms with Gasteiger partial charge in [-0.3, -0.25) is 9.88 Å². The summed E-state index contributed by atoms with van der Waals surface area (Å²) in [6.07, 6.45) is 14.8. The molecule has 7 nitrogen and oxygen atoms in total. The normalized spacial score (nSPS) is 16.1. The molecule has 0 aliphatic carbocycles. The number of pyridine rings is 1. The Labute approximate surface area is 299 Å². The van der Waals surface area contributed by atoms with E-state index in [1.54, 1.807) is 12.4 Å². The molecule has 0 amide bonds. The summed E-state index contributed by atoms with van der Waals surface area (Å²) in [4.78, 5) is 9.26. The van der Waals surface area contributed by atoms with Gasteiger partial charge in [0.2, 0.25) is 0 Å². The molecule has 1 aromatic heterocycles. The predicted octanol–water partition coefficient (Wildman–Crippen LogP) is 8.98. The molecule has 50 heavy (non-hydrogen) atoms. The van der Waals surface area contributed by atoms with Crippen LogP contribution in [0, 0.1) is 25.2 Å². The van der Waals surface area contributed by atoms with E-state index in [0.29, 0.717) is 18.8 Å². The number of aromatic nitrogens is 1. The monoisotopic (exact) mass is 674 g/mol. The number of ether oxygens (including phenoxy) is 3. The smallest absolute Gasteiger partial charge is 0.128 e. The third kappa shape index (κ3) is 9.87. The zero-order valence-corrected chi connectivity index (χ0v) is 30.6. The number of aryl methyl sites for hydroxylation is 1. The minimum absolute atomic E-state index is 0.320. The molecule has 0 unspecified atom stereocenters. The Morgan fingerprint density at radius 1 is 0.940 bits per heavy atom. The molecule has 3 heterocycles. The number of piperidine rings is 1. The molecule has 0 spiro atoms. The van der Waals surface area contributed by atoms with E-state index in [0.717, 1.165) is 95.4 Å². The van der Waals surface area contributed by atoms with E-state index in [2.05, 4.69) is 85.5 Å². The molecule has 0 saturated carbocycles. The van der Waals surface area contributed by atoms with Crippen LogP contribution in [0.25, 0.3) is 5.57 Å². The lowest BCUT2D eigenvalue weighted by molar-refractivity contribution is 0.214. The number of hydrogen-bond acceptors (Lipinski definition) is 7. The van der Waals surface area contributed by atoms with Crippen molar-refractivity contribution in [2.45, 2.75) is 79.4 Å². The van der Waals surface area contributed by atoms with Gasteiger partial charge < -0.3 is 19.1 Å². The third-order valence-electron chi connectivity index (χ3n) is 10.0. The minimum atomic E-state index is 0.320. The first-order valence-electron chi connectivity index (χ1n) is 18.3. The van der Waals surface area contributed by atoms with Crippen molar-refractivity contribution in [2.75, 3.05) is 45.9 Å². The Morgan fingerprint density at radius 3 is 2.44 bits per heavy atom. The van der Waals surface area contributed by atoms with Crippen LogP contribution in [-0.2, 0) is 13.2 Å². The summed E-state index contributed by atoms with van der Waals surface area (Å²) >= 11 is 0. The molecule has 2 aromatic carbocycles. The first-order chi connectivity index (χ1) is 24.4. The average molecular weight is 675 g/mol. The highest BCUT2D eigenvalue weighted by Crippen LogP contribution is 2.34. The number of nitrogens with zero attached hydrogens (tertiary/aromatic N) is 4. The lowest BCUT2D eigenvalue weighted by atomic mass is 9.91. The molecule has 5 rings (SSSR count). The van der Waals surface area contributed by atoms with Crippen molar-refractivity contribution in [2.24, 2.45) is 0 Å². The maximum Gasteiger partial charge on any atom is 0.128 e. The van der Waals surface area contributed by atoms with Gasteiger partial charge in [0.15, 0.2) is 0 Å². The molecule has 0 N–H and O–H groups in total. The van der Waals surface area contributed by atoms with Gasteiger partial charge in [0.1, 0.15) is 36.5 Å². The quantitative estimate of drug-likeness (QED) is 0.111. The number of hydrogen-bond donors (Lipinski definition) is 0. The molecule has 2 fully saturated rings. The van der Waals surface area contributed by atoms with Crippen LogP contribution in [0.15, 0.2) is 78.7 Å². The summed E-state index contributed by atoms with van der Waals surface area (Å²) in [6.45, 7) is 20.6. The van der Waals surface area contributed by atoms with E-state index >= 15 is 0 Å². The third-order valence-corrected chi connectivity index (χ3v) is 10.0. The summed E-state index contributed by atoms with van der Waals surface area (Å²) in [5.41, 5.74) is 9.27. The van der Waals surface area contributed by atoms with Crippen LogP contribution >= 0.6 is 0 Å². The SMILES string of the molecule is C=C/C(COc1cc(C)c(CN2CCCCC2)c(OCc2cncc(C#N)c2)c1)=C(C)\C(=C/C)c1cccc(OCCCN2CCCC2)c1C. The summed E-state index contributed by atoms with van der Waals surface area (Å²) in [6, 6.07) is 14.5. The Hall–Kier alpha value is -4.38.